The van der Waals surface area contributed by atoms with E-state index in [0.29, 0.717) is 0 Å². The molecule has 3 rings (SSSR count). The molecule has 158 valence electrons. The first-order valence-corrected chi connectivity index (χ1v) is 9.79. The molecule has 0 heterocycles. The van der Waals surface area contributed by atoms with Gasteiger partial charge in [-0.1, -0.05) is 69.3 Å². The summed E-state index contributed by atoms with van der Waals surface area (Å²) in [7, 11) is 0. The second-order valence-corrected chi connectivity index (χ2v) is 8.38. The van der Waals surface area contributed by atoms with Gasteiger partial charge in [0.2, 0.25) is 5.91 Å². The third-order valence-electron chi connectivity index (χ3n) is 5.15. The van der Waals surface area contributed by atoms with E-state index in [2.05, 4.69) is 22.8 Å². The van der Waals surface area contributed by atoms with E-state index in [-0.39, 0.29) is 12.5 Å². The maximum Gasteiger partial charge on any atom is 0.407 e. The zero-order valence-electron chi connectivity index (χ0n) is 17.3. The van der Waals surface area contributed by atoms with Crippen LogP contribution in [-0.4, -0.2) is 42.3 Å². The van der Waals surface area contributed by atoms with Gasteiger partial charge in [-0.25, -0.2) is 4.79 Å². The Labute approximate surface area is 175 Å². The molecule has 2 amide bonds. The number of carboxylic acid groups (broad SMARTS) is 1. The van der Waals surface area contributed by atoms with E-state index in [1.165, 1.54) is 0 Å². The van der Waals surface area contributed by atoms with Crippen molar-refractivity contribution in [2.45, 2.75) is 32.7 Å². The third-order valence-corrected chi connectivity index (χ3v) is 5.15. The van der Waals surface area contributed by atoms with Crippen molar-refractivity contribution in [3.8, 4) is 11.1 Å². The number of nitrogens with one attached hydrogen (secondary N) is 2. The molecule has 0 aliphatic heterocycles. The smallest absolute Gasteiger partial charge is 0.407 e. The molecule has 7 heteroatoms. The third kappa shape index (κ3) is 4.62. The summed E-state index contributed by atoms with van der Waals surface area (Å²) < 4.78 is 5.49. The predicted molar refractivity (Wildman–Crippen MR) is 112 cm³/mol. The van der Waals surface area contributed by atoms with E-state index in [4.69, 9.17) is 9.84 Å². The molecule has 1 aliphatic carbocycles. The molecule has 0 radical (unpaired) electrons. The van der Waals surface area contributed by atoms with E-state index in [1.54, 1.807) is 20.8 Å². The fourth-order valence-electron chi connectivity index (χ4n) is 3.70. The lowest BCUT2D eigenvalue weighted by Gasteiger charge is -2.30. The first-order valence-electron chi connectivity index (χ1n) is 9.79. The predicted octanol–water partition coefficient (Wildman–Crippen LogP) is 3.14. The molecule has 0 bridgehead atoms. The Kier molecular flexibility index (Phi) is 6.10. The summed E-state index contributed by atoms with van der Waals surface area (Å²) in [6.45, 7) is 4.95. The van der Waals surface area contributed by atoms with Crippen molar-refractivity contribution in [1.29, 1.82) is 0 Å². The second kappa shape index (κ2) is 8.57. The van der Waals surface area contributed by atoms with E-state index in [1.807, 2.05) is 36.4 Å². The number of alkyl carbamates (subject to hydrolysis) is 1. The minimum absolute atomic E-state index is 0.0860. The number of carbonyl (C=O) groups excluding carboxylic acids is 2. The summed E-state index contributed by atoms with van der Waals surface area (Å²) in [5.41, 5.74) is 3.82. The minimum atomic E-state index is -1.16. The van der Waals surface area contributed by atoms with Gasteiger partial charge in [0, 0.05) is 5.92 Å². The van der Waals surface area contributed by atoms with E-state index in [9.17, 15) is 14.4 Å². The van der Waals surface area contributed by atoms with Crippen molar-refractivity contribution in [1.82, 2.24) is 10.6 Å². The molecule has 30 heavy (non-hydrogen) atoms. The average molecular weight is 410 g/mol. The number of rotatable bonds is 6. The summed E-state index contributed by atoms with van der Waals surface area (Å²) in [6.07, 6.45) is -0.720. The van der Waals surface area contributed by atoms with Crippen LogP contribution in [0.5, 0.6) is 0 Å². The Morgan fingerprint density at radius 3 is 2.03 bits per heavy atom. The van der Waals surface area contributed by atoms with Crippen LogP contribution in [0.15, 0.2) is 48.5 Å². The van der Waals surface area contributed by atoms with Crippen LogP contribution in [-0.2, 0) is 14.3 Å². The summed E-state index contributed by atoms with van der Waals surface area (Å²) >= 11 is 0. The number of carboxylic acids is 1. The van der Waals surface area contributed by atoms with Crippen molar-refractivity contribution in [2.75, 3.05) is 13.2 Å². The second-order valence-electron chi connectivity index (χ2n) is 8.38. The number of hydrogen-bond acceptors (Lipinski definition) is 4. The largest absolute Gasteiger partial charge is 0.480 e. The topological polar surface area (TPSA) is 105 Å². The van der Waals surface area contributed by atoms with Crippen LogP contribution >= 0.6 is 0 Å². The summed E-state index contributed by atoms with van der Waals surface area (Å²) in [6, 6.07) is 15.1. The number of carbonyl (C=O) groups is 3. The number of amides is 2. The first-order chi connectivity index (χ1) is 14.2. The van der Waals surface area contributed by atoms with Gasteiger partial charge in [-0.05, 0) is 27.7 Å². The first kappa shape index (κ1) is 21.4. The molecule has 0 spiro atoms. The highest BCUT2D eigenvalue weighted by molar-refractivity contribution is 5.88. The standard InChI is InChI=1S/C23H26N2O5/c1-23(2,3)20(21(28)24-12-19(26)27)25-22(29)30-13-18-16-10-6-4-8-14(16)15-9-5-7-11-17(15)18/h4-11,18,20H,12-13H2,1-3H3,(H,24,28)(H,25,29)(H,26,27)/t20-/m0/s1. The highest BCUT2D eigenvalue weighted by Gasteiger charge is 2.34. The molecular formula is C23H26N2O5. The molecule has 1 atom stereocenters. The van der Waals surface area contributed by atoms with Crippen molar-refractivity contribution < 1.29 is 24.2 Å². The van der Waals surface area contributed by atoms with E-state index in [0.717, 1.165) is 22.3 Å². The van der Waals surface area contributed by atoms with Crippen molar-refractivity contribution >= 4 is 18.0 Å². The van der Waals surface area contributed by atoms with Crippen LogP contribution in [0.1, 0.15) is 37.8 Å². The lowest BCUT2D eigenvalue weighted by molar-refractivity contribution is -0.138. The van der Waals surface area contributed by atoms with Crippen LogP contribution < -0.4 is 10.6 Å². The van der Waals surface area contributed by atoms with Crippen LogP contribution in [0.25, 0.3) is 11.1 Å². The molecular weight excluding hydrogens is 384 g/mol. The van der Waals surface area contributed by atoms with Gasteiger partial charge in [0.05, 0.1) is 0 Å². The SMILES string of the molecule is CC(C)(C)[C@@H](NC(=O)OCC1c2ccccc2-c2ccccc21)C(=O)NCC(=O)O. The lowest BCUT2D eigenvalue weighted by atomic mass is 9.86. The summed E-state index contributed by atoms with van der Waals surface area (Å²) in [5, 5.41) is 13.7. The highest BCUT2D eigenvalue weighted by Crippen LogP contribution is 2.44. The van der Waals surface area contributed by atoms with Crippen LogP contribution in [0.3, 0.4) is 0 Å². The zero-order valence-corrected chi connectivity index (χ0v) is 17.3. The van der Waals surface area contributed by atoms with Crippen molar-refractivity contribution in [3.63, 3.8) is 0 Å². The number of ether oxygens (including phenoxy) is 1. The molecule has 7 nitrogen and oxygen atoms in total. The van der Waals surface area contributed by atoms with Gasteiger partial charge in [0.25, 0.3) is 0 Å². The fourth-order valence-corrected chi connectivity index (χ4v) is 3.70. The molecule has 2 aromatic carbocycles. The molecule has 0 fully saturated rings. The van der Waals surface area contributed by atoms with Crippen molar-refractivity contribution in [3.05, 3.63) is 59.7 Å². The minimum Gasteiger partial charge on any atom is -0.480 e. The average Bonchev–Trinajstić information content (AvgIpc) is 3.01. The number of fused-ring (bicyclic) bond motifs is 3. The van der Waals surface area contributed by atoms with Gasteiger partial charge in [0.15, 0.2) is 0 Å². The number of benzene rings is 2. The summed E-state index contributed by atoms with van der Waals surface area (Å²) in [4.78, 5) is 35.6. The van der Waals surface area contributed by atoms with Crippen LogP contribution in [0.2, 0.25) is 0 Å². The van der Waals surface area contributed by atoms with Gasteiger partial charge in [0.1, 0.15) is 19.2 Å². The highest BCUT2D eigenvalue weighted by atomic mass is 16.5. The monoisotopic (exact) mass is 410 g/mol. The van der Waals surface area contributed by atoms with Gasteiger partial charge < -0.3 is 20.5 Å². The lowest BCUT2D eigenvalue weighted by Crippen LogP contribution is -2.54. The van der Waals surface area contributed by atoms with Crippen LogP contribution in [0.4, 0.5) is 4.79 Å². The number of aliphatic carboxylic acids is 1. The normalized spacial score (nSPS) is 13.7. The molecule has 0 unspecified atom stereocenters. The zero-order chi connectivity index (χ0) is 21.9. The fraction of sp³-hybridized carbons (Fsp3) is 0.348. The Morgan fingerprint density at radius 1 is 1.00 bits per heavy atom. The van der Waals surface area contributed by atoms with Crippen LogP contribution in [0, 0.1) is 5.41 Å². The maximum atomic E-state index is 12.5. The maximum absolute atomic E-state index is 12.5. The van der Waals surface area contributed by atoms with Gasteiger partial charge in [-0.3, -0.25) is 9.59 Å². The number of hydrogen-bond donors (Lipinski definition) is 3. The van der Waals surface area contributed by atoms with E-state index < -0.39 is 36.0 Å². The Balaban J connectivity index is 1.69. The Morgan fingerprint density at radius 2 is 1.53 bits per heavy atom. The van der Waals surface area contributed by atoms with Gasteiger partial charge in [-0.15, -0.1) is 0 Å². The summed E-state index contributed by atoms with van der Waals surface area (Å²) in [5.74, 6) is -1.81. The molecule has 0 aromatic heterocycles. The molecule has 0 saturated carbocycles. The van der Waals surface area contributed by atoms with E-state index >= 15 is 0 Å². The molecule has 2 aromatic rings. The Hall–Kier alpha value is -3.35. The quantitative estimate of drug-likeness (QED) is 0.679. The molecule has 1 aliphatic rings. The van der Waals surface area contributed by atoms with Gasteiger partial charge >= 0.3 is 12.1 Å². The van der Waals surface area contributed by atoms with Gasteiger partial charge in [-0.2, -0.15) is 0 Å². The molecule has 0 saturated heterocycles. The Bertz CT molecular complexity index is 919. The van der Waals surface area contributed by atoms with Crippen molar-refractivity contribution in [2.24, 2.45) is 5.41 Å². The molecule has 3 N–H and O–H groups in total.